The molecule has 1 saturated heterocycles. The van der Waals surface area contributed by atoms with E-state index in [-0.39, 0.29) is 5.41 Å². The SMILES string of the molecule is COc1ccc(NCC2(CN)COC2)cc1OC. The van der Waals surface area contributed by atoms with Crippen molar-refractivity contribution in [2.24, 2.45) is 11.1 Å². The molecule has 1 aromatic carbocycles. The lowest BCUT2D eigenvalue weighted by Gasteiger charge is -2.40. The van der Waals surface area contributed by atoms with Crippen molar-refractivity contribution < 1.29 is 14.2 Å². The minimum absolute atomic E-state index is 0.0766. The van der Waals surface area contributed by atoms with E-state index in [9.17, 15) is 0 Å². The molecular weight excluding hydrogens is 232 g/mol. The van der Waals surface area contributed by atoms with E-state index in [1.165, 1.54) is 0 Å². The van der Waals surface area contributed by atoms with Gasteiger partial charge in [0.15, 0.2) is 11.5 Å². The van der Waals surface area contributed by atoms with Gasteiger partial charge in [-0.3, -0.25) is 0 Å². The lowest BCUT2D eigenvalue weighted by Crippen LogP contribution is -2.52. The van der Waals surface area contributed by atoms with Crippen molar-refractivity contribution in [1.29, 1.82) is 0 Å². The van der Waals surface area contributed by atoms with Gasteiger partial charge in [0.05, 0.1) is 27.4 Å². The van der Waals surface area contributed by atoms with E-state index in [0.29, 0.717) is 12.3 Å². The monoisotopic (exact) mass is 252 g/mol. The molecule has 3 N–H and O–H groups in total. The molecule has 0 unspecified atom stereocenters. The molecular formula is C13H20N2O3. The zero-order valence-corrected chi connectivity index (χ0v) is 10.9. The van der Waals surface area contributed by atoms with E-state index >= 15 is 0 Å². The van der Waals surface area contributed by atoms with Crippen LogP contribution in [-0.4, -0.2) is 40.5 Å². The van der Waals surface area contributed by atoms with E-state index < -0.39 is 0 Å². The Morgan fingerprint density at radius 3 is 2.50 bits per heavy atom. The first kappa shape index (κ1) is 13.0. The number of rotatable bonds is 6. The molecule has 1 heterocycles. The van der Waals surface area contributed by atoms with Crippen molar-refractivity contribution in [1.82, 2.24) is 0 Å². The summed E-state index contributed by atoms with van der Waals surface area (Å²) >= 11 is 0. The van der Waals surface area contributed by atoms with Crippen molar-refractivity contribution >= 4 is 5.69 Å². The van der Waals surface area contributed by atoms with Crippen LogP contribution >= 0.6 is 0 Å². The van der Waals surface area contributed by atoms with Gasteiger partial charge in [0.25, 0.3) is 0 Å². The van der Waals surface area contributed by atoms with Crippen LogP contribution in [0.25, 0.3) is 0 Å². The Morgan fingerprint density at radius 1 is 1.28 bits per heavy atom. The first-order valence-corrected chi connectivity index (χ1v) is 5.97. The first-order chi connectivity index (χ1) is 8.73. The average molecular weight is 252 g/mol. The Kier molecular flexibility index (Phi) is 3.93. The minimum Gasteiger partial charge on any atom is -0.493 e. The zero-order chi connectivity index (χ0) is 13.0. The Balaban J connectivity index is 2.01. The van der Waals surface area contributed by atoms with E-state index in [0.717, 1.165) is 31.2 Å². The van der Waals surface area contributed by atoms with E-state index in [4.69, 9.17) is 19.9 Å². The fourth-order valence-electron chi connectivity index (χ4n) is 1.92. The summed E-state index contributed by atoms with van der Waals surface area (Å²) in [5, 5.41) is 3.37. The standard InChI is InChI=1S/C13H20N2O3/c1-16-11-4-3-10(5-12(11)17-2)15-7-13(6-14)8-18-9-13/h3-5,15H,6-9,14H2,1-2H3. The minimum atomic E-state index is 0.0766. The number of hydrogen-bond donors (Lipinski definition) is 2. The maximum Gasteiger partial charge on any atom is 0.162 e. The number of nitrogens with one attached hydrogen (secondary N) is 1. The largest absolute Gasteiger partial charge is 0.493 e. The van der Waals surface area contributed by atoms with Crippen LogP contribution in [0.1, 0.15) is 0 Å². The van der Waals surface area contributed by atoms with Crippen molar-refractivity contribution in [3.8, 4) is 11.5 Å². The molecule has 1 aliphatic heterocycles. The number of hydrogen-bond acceptors (Lipinski definition) is 5. The molecule has 5 heteroatoms. The predicted octanol–water partition coefficient (Wildman–Crippen LogP) is 1.09. The second-order valence-electron chi connectivity index (χ2n) is 4.62. The van der Waals surface area contributed by atoms with Crippen LogP contribution < -0.4 is 20.5 Å². The van der Waals surface area contributed by atoms with Crippen LogP contribution in [0.2, 0.25) is 0 Å². The predicted molar refractivity (Wildman–Crippen MR) is 70.3 cm³/mol. The molecule has 1 aliphatic rings. The maximum absolute atomic E-state index is 5.77. The molecule has 0 spiro atoms. The molecule has 1 aromatic rings. The molecule has 5 nitrogen and oxygen atoms in total. The molecule has 0 aromatic heterocycles. The molecule has 1 fully saturated rings. The Labute approximate surface area is 107 Å². The number of ether oxygens (including phenoxy) is 3. The van der Waals surface area contributed by atoms with Crippen molar-refractivity contribution in [2.45, 2.75) is 0 Å². The fraction of sp³-hybridized carbons (Fsp3) is 0.538. The highest BCUT2D eigenvalue weighted by Crippen LogP contribution is 2.31. The molecule has 0 saturated carbocycles. The second-order valence-corrected chi connectivity index (χ2v) is 4.62. The van der Waals surface area contributed by atoms with Gasteiger partial charge in [-0.05, 0) is 12.1 Å². The molecule has 0 atom stereocenters. The topological polar surface area (TPSA) is 65.7 Å². The molecule has 0 amide bonds. The summed E-state index contributed by atoms with van der Waals surface area (Å²) in [6.45, 7) is 2.89. The number of nitrogens with two attached hydrogens (primary N) is 1. The highest BCUT2D eigenvalue weighted by molar-refractivity contribution is 5.54. The van der Waals surface area contributed by atoms with Gasteiger partial charge >= 0.3 is 0 Å². The van der Waals surface area contributed by atoms with Gasteiger partial charge in [-0.1, -0.05) is 0 Å². The van der Waals surface area contributed by atoms with E-state index in [2.05, 4.69) is 5.32 Å². The number of methoxy groups -OCH3 is 2. The van der Waals surface area contributed by atoms with Crippen LogP contribution in [0.5, 0.6) is 11.5 Å². The highest BCUT2D eigenvalue weighted by Gasteiger charge is 2.36. The number of anilines is 1. The molecule has 2 rings (SSSR count). The summed E-state index contributed by atoms with van der Waals surface area (Å²) in [5.41, 5.74) is 6.84. The summed E-state index contributed by atoms with van der Waals surface area (Å²) in [6.07, 6.45) is 0. The smallest absolute Gasteiger partial charge is 0.162 e. The zero-order valence-electron chi connectivity index (χ0n) is 10.9. The van der Waals surface area contributed by atoms with Crippen molar-refractivity contribution in [3.63, 3.8) is 0 Å². The molecule has 0 radical (unpaired) electrons. The summed E-state index contributed by atoms with van der Waals surface area (Å²) in [7, 11) is 3.25. The third-order valence-electron chi connectivity index (χ3n) is 3.30. The summed E-state index contributed by atoms with van der Waals surface area (Å²) in [5.74, 6) is 1.44. The van der Waals surface area contributed by atoms with Gasteiger partial charge in [0.2, 0.25) is 0 Å². The lowest BCUT2D eigenvalue weighted by atomic mass is 9.86. The maximum atomic E-state index is 5.77. The molecule has 100 valence electrons. The van der Waals surface area contributed by atoms with E-state index in [1.54, 1.807) is 14.2 Å². The molecule has 0 bridgehead atoms. The molecule has 0 aliphatic carbocycles. The van der Waals surface area contributed by atoms with Crippen LogP contribution in [-0.2, 0) is 4.74 Å². The van der Waals surface area contributed by atoms with Crippen LogP contribution in [0.15, 0.2) is 18.2 Å². The van der Waals surface area contributed by atoms with Crippen LogP contribution in [0, 0.1) is 5.41 Å². The van der Waals surface area contributed by atoms with Gasteiger partial charge in [-0.2, -0.15) is 0 Å². The van der Waals surface area contributed by atoms with Crippen LogP contribution in [0.4, 0.5) is 5.69 Å². The van der Waals surface area contributed by atoms with Gasteiger partial charge in [0.1, 0.15) is 0 Å². The summed E-state index contributed by atoms with van der Waals surface area (Å²) in [4.78, 5) is 0. The van der Waals surface area contributed by atoms with Gasteiger partial charge in [-0.25, -0.2) is 0 Å². The molecule has 18 heavy (non-hydrogen) atoms. The Bertz CT molecular complexity index is 400. The van der Waals surface area contributed by atoms with Gasteiger partial charge in [-0.15, -0.1) is 0 Å². The third-order valence-corrected chi connectivity index (χ3v) is 3.30. The van der Waals surface area contributed by atoms with Crippen molar-refractivity contribution in [2.75, 3.05) is 45.8 Å². The summed E-state index contributed by atoms with van der Waals surface area (Å²) in [6, 6.07) is 5.77. The highest BCUT2D eigenvalue weighted by atomic mass is 16.5. The van der Waals surface area contributed by atoms with E-state index in [1.807, 2.05) is 18.2 Å². The second kappa shape index (κ2) is 5.46. The van der Waals surface area contributed by atoms with Gasteiger partial charge in [0, 0.05) is 30.3 Å². The Hall–Kier alpha value is -1.46. The average Bonchev–Trinajstić information content (AvgIpc) is 2.37. The quantitative estimate of drug-likeness (QED) is 0.793. The van der Waals surface area contributed by atoms with Crippen molar-refractivity contribution in [3.05, 3.63) is 18.2 Å². The fourth-order valence-corrected chi connectivity index (χ4v) is 1.92. The third kappa shape index (κ3) is 2.52. The van der Waals surface area contributed by atoms with Crippen LogP contribution in [0.3, 0.4) is 0 Å². The first-order valence-electron chi connectivity index (χ1n) is 5.97. The summed E-state index contributed by atoms with van der Waals surface area (Å²) < 4.78 is 15.7. The normalized spacial score (nSPS) is 16.8. The van der Waals surface area contributed by atoms with Gasteiger partial charge < -0.3 is 25.3 Å². The number of benzene rings is 1. The lowest BCUT2D eigenvalue weighted by molar-refractivity contribution is -0.0979. The Morgan fingerprint density at radius 2 is 2.00 bits per heavy atom.